The molecule has 0 aliphatic heterocycles. The van der Waals surface area contributed by atoms with Crippen molar-refractivity contribution in [3.8, 4) is 11.8 Å². The van der Waals surface area contributed by atoms with Crippen LogP contribution >= 0.6 is 0 Å². The number of hydrogen-bond donors (Lipinski definition) is 2. The SMILES string of the molecule is CC(NC(=O)Cn1cnnn1)c1ccc(C#CCO)cc1. The molecule has 0 fully saturated rings. The molecule has 1 heterocycles. The first-order valence-electron chi connectivity index (χ1n) is 6.39. The number of amides is 1. The normalized spacial score (nSPS) is 11.3. The van der Waals surface area contributed by atoms with Gasteiger partial charge in [-0.25, -0.2) is 4.68 Å². The molecule has 0 radical (unpaired) electrons. The van der Waals surface area contributed by atoms with Crippen LogP contribution < -0.4 is 5.32 Å². The number of aliphatic hydroxyl groups excluding tert-OH is 1. The van der Waals surface area contributed by atoms with Crippen molar-refractivity contribution in [2.24, 2.45) is 0 Å². The van der Waals surface area contributed by atoms with Gasteiger partial charge >= 0.3 is 0 Å². The van der Waals surface area contributed by atoms with Gasteiger partial charge in [0.05, 0.1) is 6.04 Å². The summed E-state index contributed by atoms with van der Waals surface area (Å²) in [7, 11) is 0. The summed E-state index contributed by atoms with van der Waals surface area (Å²) in [6.07, 6.45) is 1.39. The maximum absolute atomic E-state index is 11.8. The molecule has 2 N–H and O–H groups in total. The summed E-state index contributed by atoms with van der Waals surface area (Å²) in [4.78, 5) is 11.8. The number of hydrogen-bond acceptors (Lipinski definition) is 5. The second-order valence-electron chi connectivity index (χ2n) is 4.38. The summed E-state index contributed by atoms with van der Waals surface area (Å²) >= 11 is 0. The number of aromatic nitrogens is 4. The number of tetrazole rings is 1. The van der Waals surface area contributed by atoms with Crippen LogP contribution in [0.5, 0.6) is 0 Å². The van der Waals surface area contributed by atoms with Crippen LogP contribution in [0.15, 0.2) is 30.6 Å². The van der Waals surface area contributed by atoms with E-state index in [-0.39, 0.29) is 25.1 Å². The molecule has 0 spiro atoms. The molecule has 2 aromatic rings. The van der Waals surface area contributed by atoms with Gasteiger partial charge < -0.3 is 10.4 Å². The molecule has 1 aromatic carbocycles. The van der Waals surface area contributed by atoms with Gasteiger partial charge in [-0.2, -0.15) is 0 Å². The van der Waals surface area contributed by atoms with Gasteiger partial charge in [0.1, 0.15) is 19.5 Å². The lowest BCUT2D eigenvalue weighted by atomic mass is 10.1. The molecule has 2 rings (SSSR count). The van der Waals surface area contributed by atoms with Gasteiger partial charge in [-0.3, -0.25) is 4.79 Å². The van der Waals surface area contributed by atoms with Crippen molar-refractivity contribution in [2.75, 3.05) is 6.61 Å². The minimum absolute atomic E-state index is 0.0808. The molecule has 21 heavy (non-hydrogen) atoms. The van der Waals surface area contributed by atoms with Crippen LogP contribution in [0.25, 0.3) is 0 Å². The first kappa shape index (κ1) is 14.7. The Balaban J connectivity index is 1.93. The van der Waals surface area contributed by atoms with Crippen LogP contribution in [0, 0.1) is 11.8 Å². The largest absolute Gasteiger partial charge is 0.384 e. The van der Waals surface area contributed by atoms with Crippen LogP contribution in [0.1, 0.15) is 24.1 Å². The Labute approximate surface area is 122 Å². The fourth-order valence-electron chi connectivity index (χ4n) is 1.77. The first-order valence-corrected chi connectivity index (χ1v) is 6.39. The average Bonchev–Trinajstić information content (AvgIpc) is 2.98. The Morgan fingerprint density at radius 3 is 2.81 bits per heavy atom. The lowest BCUT2D eigenvalue weighted by molar-refractivity contribution is -0.122. The van der Waals surface area contributed by atoms with E-state index >= 15 is 0 Å². The smallest absolute Gasteiger partial charge is 0.242 e. The minimum Gasteiger partial charge on any atom is -0.384 e. The van der Waals surface area contributed by atoms with E-state index in [1.54, 1.807) is 0 Å². The molecule has 1 unspecified atom stereocenters. The summed E-state index contributed by atoms with van der Waals surface area (Å²) in [6, 6.07) is 7.35. The zero-order chi connectivity index (χ0) is 15.1. The first-order chi connectivity index (χ1) is 10.2. The van der Waals surface area contributed by atoms with Gasteiger partial charge in [0.2, 0.25) is 5.91 Å². The molecule has 0 aliphatic rings. The Hall–Kier alpha value is -2.72. The van der Waals surface area contributed by atoms with Crippen LogP contribution in [0.3, 0.4) is 0 Å². The standard InChI is InChI=1S/C14H15N5O2/c1-11(16-14(21)9-19-10-15-17-18-19)13-6-4-12(5-7-13)3-2-8-20/h4-7,10-11,20H,8-9H2,1H3,(H,16,21). The van der Waals surface area contributed by atoms with E-state index in [9.17, 15) is 4.79 Å². The number of benzene rings is 1. The van der Waals surface area contributed by atoms with Gasteiger partial charge in [0.25, 0.3) is 0 Å². The maximum atomic E-state index is 11.8. The molecule has 0 aliphatic carbocycles. The molecule has 1 aromatic heterocycles. The highest BCUT2D eigenvalue weighted by Crippen LogP contribution is 2.13. The van der Waals surface area contributed by atoms with Crippen molar-refractivity contribution < 1.29 is 9.90 Å². The van der Waals surface area contributed by atoms with Crippen LogP contribution in [0.4, 0.5) is 0 Å². The highest BCUT2D eigenvalue weighted by Gasteiger charge is 2.10. The number of carbonyl (C=O) groups excluding carboxylic acids is 1. The summed E-state index contributed by atoms with van der Waals surface area (Å²) in [6.45, 7) is 1.81. The predicted octanol–water partition coefficient (Wildman–Crippen LogP) is -0.106. The van der Waals surface area contributed by atoms with Gasteiger partial charge in [0, 0.05) is 5.56 Å². The van der Waals surface area contributed by atoms with E-state index in [4.69, 9.17) is 5.11 Å². The Bertz CT molecular complexity index is 640. The Morgan fingerprint density at radius 2 is 2.19 bits per heavy atom. The lowest BCUT2D eigenvalue weighted by Crippen LogP contribution is -2.30. The van der Waals surface area contributed by atoms with E-state index in [2.05, 4.69) is 32.7 Å². The Kier molecular flexibility index (Phi) is 5.01. The average molecular weight is 285 g/mol. The summed E-state index contributed by atoms with van der Waals surface area (Å²) in [5.74, 6) is 5.23. The minimum atomic E-state index is -0.168. The molecule has 7 nitrogen and oxygen atoms in total. The fraction of sp³-hybridized carbons (Fsp3) is 0.286. The van der Waals surface area contributed by atoms with Crippen LogP contribution in [-0.2, 0) is 11.3 Å². The molecule has 0 bridgehead atoms. The van der Waals surface area contributed by atoms with Gasteiger partial charge in [-0.1, -0.05) is 24.0 Å². The highest BCUT2D eigenvalue weighted by molar-refractivity contribution is 5.76. The van der Waals surface area contributed by atoms with E-state index in [1.165, 1.54) is 11.0 Å². The van der Waals surface area contributed by atoms with Crippen molar-refractivity contribution in [3.63, 3.8) is 0 Å². The highest BCUT2D eigenvalue weighted by atomic mass is 16.2. The van der Waals surface area contributed by atoms with Crippen LogP contribution in [0.2, 0.25) is 0 Å². The van der Waals surface area contributed by atoms with Gasteiger partial charge in [0.15, 0.2) is 0 Å². The second-order valence-corrected chi connectivity index (χ2v) is 4.38. The van der Waals surface area contributed by atoms with E-state index in [1.807, 2.05) is 31.2 Å². The number of nitrogens with one attached hydrogen (secondary N) is 1. The number of rotatable bonds is 4. The molecular formula is C14H15N5O2. The molecule has 0 saturated heterocycles. The summed E-state index contributed by atoms with van der Waals surface area (Å²) in [5, 5.41) is 22.1. The molecular weight excluding hydrogens is 270 g/mol. The van der Waals surface area contributed by atoms with Gasteiger partial charge in [-0.05, 0) is 35.0 Å². The third-order valence-corrected chi connectivity index (χ3v) is 2.80. The monoisotopic (exact) mass is 285 g/mol. The van der Waals surface area contributed by atoms with Crippen LogP contribution in [-0.4, -0.2) is 37.8 Å². The predicted molar refractivity (Wildman–Crippen MR) is 74.8 cm³/mol. The quantitative estimate of drug-likeness (QED) is 0.765. The van der Waals surface area contributed by atoms with Crippen molar-refractivity contribution in [1.29, 1.82) is 0 Å². The third-order valence-electron chi connectivity index (χ3n) is 2.80. The Morgan fingerprint density at radius 1 is 1.43 bits per heavy atom. The number of carbonyl (C=O) groups is 1. The zero-order valence-corrected chi connectivity index (χ0v) is 11.5. The lowest BCUT2D eigenvalue weighted by Gasteiger charge is -2.14. The topological polar surface area (TPSA) is 92.9 Å². The van der Waals surface area contributed by atoms with Crippen molar-refractivity contribution in [2.45, 2.75) is 19.5 Å². The third kappa shape index (κ3) is 4.40. The van der Waals surface area contributed by atoms with Gasteiger partial charge in [-0.15, -0.1) is 5.10 Å². The fourth-order valence-corrected chi connectivity index (χ4v) is 1.77. The molecule has 1 amide bonds. The van der Waals surface area contributed by atoms with E-state index in [0.717, 1.165) is 11.1 Å². The molecule has 7 heteroatoms. The van der Waals surface area contributed by atoms with Crippen molar-refractivity contribution in [3.05, 3.63) is 41.7 Å². The molecule has 1 atom stereocenters. The van der Waals surface area contributed by atoms with E-state index < -0.39 is 0 Å². The zero-order valence-electron chi connectivity index (χ0n) is 11.5. The number of aliphatic hydroxyl groups is 1. The number of nitrogens with zero attached hydrogens (tertiary/aromatic N) is 4. The van der Waals surface area contributed by atoms with Crippen molar-refractivity contribution in [1.82, 2.24) is 25.5 Å². The molecule has 0 saturated carbocycles. The van der Waals surface area contributed by atoms with Crippen molar-refractivity contribution >= 4 is 5.91 Å². The summed E-state index contributed by atoms with van der Waals surface area (Å²) < 4.78 is 1.36. The molecule has 108 valence electrons. The summed E-state index contributed by atoms with van der Waals surface area (Å²) in [5.41, 5.74) is 1.79. The second kappa shape index (κ2) is 7.17. The van der Waals surface area contributed by atoms with E-state index in [0.29, 0.717) is 0 Å². The maximum Gasteiger partial charge on any atom is 0.242 e.